The summed E-state index contributed by atoms with van der Waals surface area (Å²) in [5, 5.41) is 2.81. The van der Waals surface area contributed by atoms with Crippen molar-refractivity contribution in [1.82, 2.24) is 4.90 Å². The quantitative estimate of drug-likeness (QED) is 0.608. The maximum atomic E-state index is 12.8. The lowest BCUT2D eigenvalue weighted by Crippen LogP contribution is -2.40. The van der Waals surface area contributed by atoms with Gasteiger partial charge in [-0.25, -0.2) is 0 Å². The Morgan fingerprint density at radius 3 is 2.19 bits per heavy atom. The van der Waals surface area contributed by atoms with E-state index in [0.29, 0.717) is 17.5 Å². The van der Waals surface area contributed by atoms with Crippen LogP contribution in [0.4, 0.5) is 5.69 Å². The van der Waals surface area contributed by atoms with Crippen molar-refractivity contribution >= 4 is 39.3 Å². The molecule has 134 valence electrons. The third kappa shape index (κ3) is 2.38. The lowest BCUT2D eigenvalue weighted by molar-refractivity contribution is -0.140. The van der Waals surface area contributed by atoms with Crippen LogP contribution in [0.3, 0.4) is 0 Å². The number of allylic oxidation sites excluding steroid dienone is 2. The van der Waals surface area contributed by atoms with Crippen LogP contribution in [-0.4, -0.2) is 29.2 Å². The van der Waals surface area contributed by atoms with Gasteiger partial charge in [-0.1, -0.05) is 28.1 Å². The molecule has 3 amide bonds. The summed E-state index contributed by atoms with van der Waals surface area (Å²) in [7, 11) is 0. The molecule has 1 aromatic carbocycles. The predicted molar refractivity (Wildman–Crippen MR) is 98.8 cm³/mol. The number of nitrogens with zero attached hydrogens (tertiary/aromatic N) is 1. The molecule has 26 heavy (non-hydrogen) atoms. The maximum absolute atomic E-state index is 12.8. The SMILES string of the molecule is O=C(CCN1C(=O)[C@@H]2[C@H]3C=C[C@@H]([C@@H]4C[C@H]34)[C@H]2C1=O)Nc1ccc(Br)cc1. The van der Waals surface area contributed by atoms with Gasteiger partial charge in [0.2, 0.25) is 17.7 Å². The van der Waals surface area contributed by atoms with E-state index in [-0.39, 0.29) is 54.4 Å². The molecule has 5 aliphatic rings. The summed E-state index contributed by atoms with van der Waals surface area (Å²) in [6.07, 6.45) is 5.61. The third-order valence-corrected chi connectivity index (χ3v) is 6.97. The largest absolute Gasteiger partial charge is 0.326 e. The normalized spacial score (nSPS) is 36.1. The summed E-state index contributed by atoms with van der Waals surface area (Å²) < 4.78 is 0.938. The summed E-state index contributed by atoms with van der Waals surface area (Å²) in [6.45, 7) is 0.168. The average molecular weight is 415 g/mol. The van der Waals surface area contributed by atoms with Gasteiger partial charge in [-0.05, 0) is 54.4 Å². The van der Waals surface area contributed by atoms with Gasteiger partial charge in [-0.15, -0.1) is 0 Å². The number of rotatable bonds is 4. The van der Waals surface area contributed by atoms with E-state index in [1.54, 1.807) is 12.1 Å². The molecule has 5 nitrogen and oxygen atoms in total. The minimum Gasteiger partial charge on any atom is -0.326 e. The number of hydrogen-bond donors (Lipinski definition) is 1. The highest BCUT2D eigenvalue weighted by molar-refractivity contribution is 9.10. The Labute approximate surface area is 159 Å². The second-order valence-electron chi connectivity index (χ2n) is 7.79. The Balaban J connectivity index is 1.24. The van der Waals surface area contributed by atoms with Crippen molar-refractivity contribution in [2.75, 3.05) is 11.9 Å². The lowest BCUT2D eigenvalue weighted by Gasteiger charge is -2.37. The molecule has 1 aliphatic heterocycles. The van der Waals surface area contributed by atoms with Gasteiger partial charge in [0.25, 0.3) is 0 Å². The number of hydrogen-bond acceptors (Lipinski definition) is 3. The highest BCUT2D eigenvalue weighted by Crippen LogP contribution is 2.65. The topological polar surface area (TPSA) is 66.5 Å². The number of nitrogens with one attached hydrogen (secondary N) is 1. The highest BCUT2D eigenvalue weighted by Gasteiger charge is 2.66. The second kappa shape index (κ2) is 5.78. The van der Waals surface area contributed by atoms with Crippen LogP contribution in [0.2, 0.25) is 0 Å². The Kier molecular flexibility index (Phi) is 3.61. The van der Waals surface area contributed by atoms with Crippen molar-refractivity contribution in [2.45, 2.75) is 12.8 Å². The zero-order valence-electron chi connectivity index (χ0n) is 14.1. The van der Waals surface area contributed by atoms with Crippen LogP contribution < -0.4 is 5.32 Å². The molecule has 0 spiro atoms. The molecule has 1 N–H and O–H groups in total. The third-order valence-electron chi connectivity index (χ3n) is 6.44. The molecule has 1 saturated heterocycles. The molecule has 1 heterocycles. The lowest BCUT2D eigenvalue weighted by atomic mass is 9.63. The van der Waals surface area contributed by atoms with Gasteiger partial charge >= 0.3 is 0 Å². The Morgan fingerprint density at radius 2 is 1.62 bits per heavy atom. The molecule has 3 fully saturated rings. The zero-order valence-corrected chi connectivity index (χ0v) is 15.7. The fourth-order valence-electron chi connectivity index (χ4n) is 5.21. The first-order chi connectivity index (χ1) is 12.5. The van der Waals surface area contributed by atoms with E-state index in [1.807, 2.05) is 12.1 Å². The van der Waals surface area contributed by atoms with Gasteiger partial charge in [0.15, 0.2) is 0 Å². The number of likely N-dealkylation sites (tertiary alicyclic amines) is 1. The van der Waals surface area contributed by atoms with Gasteiger partial charge in [0.05, 0.1) is 11.8 Å². The van der Waals surface area contributed by atoms with Gasteiger partial charge in [-0.3, -0.25) is 19.3 Å². The molecule has 0 aromatic heterocycles. The van der Waals surface area contributed by atoms with Crippen molar-refractivity contribution in [3.63, 3.8) is 0 Å². The molecule has 6 atom stereocenters. The number of halogens is 1. The molecule has 4 aliphatic carbocycles. The first-order valence-corrected chi connectivity index (χ1v) is 9.93. The van der Waals surface area contributed by atoms with E-state index < -0.39 is 0 Å². The second-order valence-corrected chi connectivity index (χ2v) is 8.70. The van der Waals surface area contributed by atoms with E-state index in [0.717, 1.165) is 10.9 Å². The molecule has 1 aromatic rings. The zero-order chi connectivity index (χ0) is 18.0. The van der Waals surface area contributed by atoms with Crippen molar-refractivity contribution in [1.29, 1.82) is 0 Å². The van der Waals surface area contributed by atoms with Gasteiger partial charge in [0, 0.05) is 23.1 Å². The molecule has 0 unspecified atom stereocenters. The van der Waals surface area contributed by atoms with Crippen molar-refractivity contribution in [3.05, 3.63) is 40.9 Å². The van der Waals surface area contributed by atoms with Gasteiger partial charge in [0.1, 0.15) is 0 Å². The van der Waals surface area contributed by atoms with E-state index in [4.69, 9.17) is 0 Å². The number of imide groups is 1. The molecular weight excluding hydrogens is 396 g/mol. The molecule has 0 radical (unpaired) electrons. The molecule has 2 bridgehead atoms. The Hall–Kier alpha value is -1.95. The highest BCUT2D eigenvalue weighted by atomic mass is 79.9. The first-order valence-electron chi connectivity index (χ1n) is 9.13. The minimum atomic E-state index is -0.188. The van der Waals surface area contributed by atoms with Crippen molar-refractivity contribution in [3.8, 4) is 0 Å². The average Bonchev–Trinajstić information content (AvgIpc) is 3.41. The Morgan fingerprint density at radius 1 is 1.04 bits per heavy atom. The Bertz CT molecular complexity index is 798. The van der Waals surface area contributed by atoms with E-state index >= 15 is 0 Å². The van der Waals surface area contributed by atoms with Crippen molar-refractivity contribution < 1.29 is 14.4 Å². The number of benzene rings is 1. The monoisotopic (exact) mass is 414 g/mol. The summed E-state index contributed by atoms with van der Waals surface area (Å²) in [6, 6.07) is 7.31. The number of carbonyl (C=O) groups excluding carboxylic acids is 3. The predicted octanol–water partition coefficient (Wildman–Crippen LogP) is 2.83. The summed E-state index contributed by atoms with van der Waals surface area (Å²) in [5.41, 5.74) is 0.702. The summed E-state index contributed by atoms with van der Waals surface area (Å²) in [5.74, 6) is 0.967. The number of anilines is 1. The molecular formula is C20H19BrN2O3. The van der Waals surface area contributed by atoms with Crippen LogP contribution in [0.5, 0.6) is 0 Å². The fraction of sp³-hybridized carbons (Fsp3) is 0.450. The molecule has 2 saturated carbocycles. The van der Waals surface area contributed by atoms with Crippen LogP contribution in [0.25, 0.3) is 0 Å². The van der Waals surface area contributed by atoms with Crippen LogP contribution in [-0.2, 0) is 14.4 Å². The minimum absolute atomic E-state index is 0.0684. The van der Waals surface area contributed by atoms with Crippen LogP contribution in [0, 0.1) is 35.5 Å². The summed E-state index contributed by atoms with van der Waals surface area (Å²) in [4.78, 5) is 39.2. The van der Waals surface area contributed by atoms with Gasteiger partial charge in [-0.2, -0.15) is 0 Å². The first kappa shape index (κ1) is 16.2. The van der Waals surface area contributed by atoms with E-state index in [1.165, 1.54) is 4.90 Å². The van der Waals surface area contributed by atoms with E-state index in [9.17, 15) is 14.4 Å². The van der Waals surface area contributed by atoms with Gasteiger partial charge < -0.3 is 5.32 Å². The van der Waals surface area contributed by atoms with Crippen LogP contribution in [0.15, 0.2) is 40.9 Å². The standard InChI is InChI=1S/C20H19BrN2O3/c21-10-1-3-11(4-2-10)22-16(24)7-8-23-19(25)17-12-5-6-13(15-9-14(12)15)18(17)20(23)26/h1-6,12-15,17-18H,7-9H2,(H,22,24)/t12-,13-,14-,15+,17+,18+/m0/s1. The molecule has 6 heteroatoms. The maximum Gasteiger partial charge on any atom is 0.233 e. The van der Waals surface area contributed by atoms with Crippen LogP contribution in [0.1, 0.15) is 12.8 Å². The fourth-order valence-corrected chi connectivity index (χ4v) is 5.47. The van der Waals surface area contributed by atoms with Crippen LogP contribution >= 0.6 is 15.9 Å². The smallest absolute Gasteiger partial charge is 0.233 e. The van der Waals surface area contributed by atoms with E-state index in [2.05, 4.69) is 33.4 Å². The number of carbonyl (C=O) groups is 3. The van der Waals surface area contributed by atoms with Crippen molar-refractivity contribution in [2.24, 2.45) is 35.5 Å². The number of amides is 3. The molecule has 6 rings (SSSR count). The summed E-state index contributed by atoms with van der Waals surface area (Å²) >= 11 is 3.35.